The number of Topliss-reactive ketones (excluding diaryl/α,β-unsaturated/α-hetero) is 1. The van der Waals surface area contributed by atoms with Crippen LogP contribution in [0.5, 0.6) is 0 Å². The number of carbonyl (C=O) groups is 3. The molecule has 1 saturated carbocycles. The molecule has 1 saturated heterocycles. The number of likely N-dealkylation sites (tertiary alicyclic amines) is 1. The Balaban J connectivity index is 1.45. The summed E-state index contributed by atoms with van der Waals surface area (Å²) in [5, 5.41) is 10.7. The van der Waals surface area contributed by atoms with E-state index in [2.05, 4.69) is 5.32 Å². The standard InChI is InChI=1S/C40H58N4O5S/c1-2-9-38(46)44-26-24-32(25-27-44)16-21-35(29-50(48,49)28-33-12-7-4-8-13-33)40(47)43-36(22-17-30-10-5-3-6-11-30)37(45)23-18-31-14-19-34(20-15-31)39(41)42/h4,7-8,12-15,19-20,30,32,35-36H,2-3,5-6,9-11,16-18,21-29H2,1H3,(H3,41,42)(H,43,47)/t35-,36-/m0/s1. The number of piperidine rings is 1. The van der Waals surface area contributed by atoms with Crippen molar-refractivity contribution in [3.63, 3.8) is 0 Å². The predicted molar refractivity (Wildman–Crippen MR) is 199 cm³/mol. The second kappa shape index (κ2) is 19.8. The molecule has 50 heavy (non-hydrogen) atoms. The van der Waals surface area contributed by atoms with Crippen LogP contribution in [0.2, 0.25) is 0 Å². The lowest BCUT2D eigenvalue weighted by molar-refractivity contribution is -0.132. The minimum atomic E-state index is -3.62. The highest BCUT2D eigenvalue weighted by Crippen LogP contribution is 2.29. The number of amides is 2. The lowest BCUT2D eigenvalue weighted by Gasteiger charge is -2.33. The molecule has 2 aromatic rings. The molecule has 4 N–H and O–H groups in total. The first-order chi connectivity index (χ1) is 24.0. The molecule has 1 heterocycles. The molecule has 274 valence electrons. The molecule has 4 rings (SSSR count). The van der Waals surface area contributed by atoms with Gasteiger partial charge in [-0.2, -0.15) is 0 Å². The number of hydrogen-bond donors (Lipinski definition) is 3. The van der Waals surface area contributed by atoms with E-state index in [9.17, 15) is 22.8 Å². The van der Waals surface area contributed by atoms with Gasteiger partial charge < -0.3 is 16.0 Å². The van der Waals surface area contributed by atoms with E-state index in [1.54, 1.807) is 24.3 Å². The smallest absolute Gasteiger partial charge is 0.224 e. The van der Waals surface area contributed by atoms with Crippen molar-refractivity contribution in [1.29, 1.82) is 5.41 Å². The SMILES string of the molecule is CCCC(=O)N1CCC(CC[C@@H](CS(=O)(=O)Cc2ccccc2)C(=O)N[C@@H](CCC2CCCCC2)C(=O)CCc2ccc(C(=N)N)cc2)CC1. The largest absolute Gasteiger partial charge is 0.384 e. The Morgan fingerprint density at radius 3 is 2.14 bits per heavy atom. The van der Waals surface area contributed by atoms with E-state index in [1.807, 2.05) is 42.2 Å². The Labute approximate surface area is 299 Å². The third kappa shape index (κ3) is 13.0. The number of nitrogens with two attached hydrogens (primary N) is 1. The Morgan fingerprint density at radius 2 is 1.50 bits per heavy atom. The van der Waals surface area contributed by atoms with Gasteiger partial charge in [0.25, 0.3) is 0 Å². The first-order valence-electron chi connectivity index (χ1n) is 18.8. The fourth-order valence-electron chi connectivity index (χ4n) is 7.54. The summed E-state index contributed by atoms with van der Waals surface area (Å²) in [6.45, 7) is 3.40. The summed E-state index contributed by atoms with van der Waals surface area (Å²) in [6.07, 6.45) is 12.2. The number of hydrogen-bond acceptors (Lipinski definition) is 6. The molecule has 2 fully saturated rings. The number of nitrogens with zero attached hydrogens (tertiary/aromatic N) is 1. The van der Waals surface area contributed by atoms with Gasteiger partial charge in [0.15, 0.2) is 15.6 Å². The summed E-state index contributed by atoms with van der Waals surface area (Å²) in [5.74, 6) is -0.552. The summed E-state index contributed by atoms with van der Waals surface area (Å²) in [7, 11) is -3.62. The van der Waals surface area contributed by atoms with E-state index in [4.69, 9.17) is 11.1 Å². The van der Waals surface area contributed by atoms with Gasteiger partial charge in [-0.15, -0.1) is 0 Å². The normalized spacial score (nSPS) is 17.2. The average molecular weight is 707 g/mol. The minimum Gasteiger partial charge on any atom is -0.384 e. The molecule has 2 atom stereocenters. The Kier molecular flexibility index (Phi) is 15.5. The molecule has 1 aliphatic heterocycles. The van der Waals surface area contributed by atoms with E-state index in [0.717, 1.165) is 44.1 Å². The molecule has 0 unspecified atom stereocenters. The highest BCUT2D eigenvalue weighted by atomic mass is 32.2. The number of nitrogens with one attached hydrogen (secondary N) is 2. The third-order valence-electron chi connectivity index (χ3n) is 10.6. The molecule has 9 nitrogen and oxygen atoms in total. The quantitative estimate of drug-likeness (QED) is 0.114. The minimum absolute atomic E-state index is 0.00835. The van der Waals surface area contributed by atoms with Crippen molar-refractivity contribution in [3.8, 4) is 0 Å². The summed E-state index contributed by atoms with van der Waals surface area (Å²) in [6, 6.07) is 15.7. The predicted octanol–water partition coefficient (Wildman–Crippen LogP) is 6.37. The number of rotatable bonds is 19. The van der Waals surface area contributed by atoms with E-state index >= 15 is 0 Å². The molecule has 1 aliphatic carbocycles. The van der Waals surface area contributed by atoms with E-state index in [1.165, 1.54) is 19.3 Å². The molecule has 2 aromatic carbocycles. The first-order valence-corrected chi connectivity index (χ1v) is 20.6. The van der Waals surface area contributed by atoms with E-state index in [-0.39, 0.29) is 41.4 Å². The molecular weight excluding hydrogens is 649 g/mol. The van der Waals surface area contributed by atoms with Gasteiger partial charge in [0.2, 0.25) is 11.8 Å². The lowest BCUT2D eigenvalue weighted by Crippen LogP contribution is -2.45. The molecule has 0 spiro atoms. The summed E-state index contributed by atoms with van der Waals surface area (Å²) in [4.78, 5) is 42.2. The van der Waals surface area contributed by atoms with Crippen LogP contribution in [0, 0.1) is 23.2 Å². The van der Waals surface area contributed by atoms with Crippen molar-refractivity contribution in [2.24, 2.45) is 23.5 Å². The number of carbonyl (C=O) groups excluding carboxylic acids is 3. The fraction of sp³-hybridized carbons (Fsp3) is 0.600. The van der Waals surface area contributed by atoms with Crippen LogP contribution >= 0.6 is 0 Å². The Bertz CT molecular complexity index is 1500. The van der Waals surface area contributed by atoms with Gasteiger partial charge in [-0.1, -0.05) is 93.6 Å². The highest BCUT2D eigenvalue weighted by Gasteiger charge is 2.31. The van der Waals surface area contributed by atoms with Gasteiger partial charge in [0.1, 0.15) is 5.84 Å². The summed E-state index contributed by atoms with van der Waals surface area (Å²) < 4.78 is 27.0. The van der Waals surface area contributed by atoms with Crippen LogP contribution in [-0.4, -0.2) is 61.6 Å². The lowest BCUT2D eigenvalue weighted by atomic mass is 9.84. The number of benzene rings is 2. The topological polar surface area (TPSA) is 150 Å². The van der Waals surface area contributed by atoms with Crippen molar-refractivity contribution in [3.05, 3.63) is 71.3 Å². The molecular formula is C40H58N4O5S. The van der Waals surface area contributed by atoms with Crippen LogP contribution in [0.15, 0.2) is 54.6 Å². The summed E-state index contributed by atoms with van der Waals surface area (Å²) >= 11 is 0. The average Bonchev–Trinajstić information content (AvgIpc) is 3.11. The zero-order valence-corrected chi connectivity index (χ0v) is 30.7. The third-order valence-corrected chi connectivity index (χ3v) is 12.3. The van der Waals surface area contributed by atoms with Gasteiger partial charge in [-0.25, -0.2) is 8.42 Å². The van der Waals surface area contributed by atoms with E-state index < -0.39 is 21.8 Å². The maximum absolute atomic E-state index is 14.1. The molecule has 0 bridgehead atoms. The number of sulfone groups is 1. The Morgan fingerprint density at radius 1 is 0.860 bits per heavy atom. The second-order valence-corrected chi connectivity index (χ2v) is 16.7. The van der Waals surface area contributed by atoms with Crippen molar-refractivity contribution in [1.82, 2.24) is 10.2 Å². The fourth-order valence-corrected chi connectivity index (χ4v) is 9.29. The molecule has 2 amide bonds. The van der Waals surface area contributed by atoms with Gasteiger partial charge >= 0.3 is 0 Å². The second-order valence-electron chi connectivity index (χ2n) is 14.6. The number of aryl methyl sites for hydroxylation is 1. The van der Waals surface area contributed by atoms with Gasteiger partial charge in [0, 0.05) is 31.5 Å². The van der Waals surface area contributed by atoms with Crippen molar-refractivity contribution in [2.45, 2.75) is 115 Å². The zero-order valence-electron chi connectivity index (χ0n) is 29.9. The number of nitrogen functional groups attached to an aromatic ring is 1. The van der Waals surface area contributed by atoms with Crippen LogP contribution in [-0.2, 0) is 36.4 Å². The molecule has 2 aliphatic rings. The molecule has 0 radical (unpaired) electrons. The van der Waals surface area contributed by atoms with Crippen LogP contribution in [0.1, 0.15) is 114 Å². The highest BCUT2D eigenvalue weighted by molar-refractivity contribution is 7.90. The van der Waals surface area contributed by atoms with Gasteiger partial charge in [0.05, 0.1) is 23.5 Å². The van der Waals surface area contributed by atoms with Crippen LogP contribution in [0.4, 0.5) is 0 Å². The van der Waals surface area contributed by atoms with Crippen molar-refractivity contribution < 1.29 is 22.8 Å². The van der Waals surface area contributed by atoms with Crippen LogP contribution in [0.25, 0.3) is 0 Å². The number of amidine groups is 1. The Hall–Kier alpha value is -3.53. The molecule has 10 heteroatoms. The number of ketones is 1. The zero-order chi connectivity index (χ0) is 35.9. The summed E-state index contributed by atoms with van der Waals surface area (Å²) in [5.41, 5.74) is 7.86. The van der Waals surface area contributed by atoms with E-state index in [0.29, 0.717) is 68.2 Å². The maximum Gasteiger partial charge on any atom is 0.224 e. The maximum atomic E-state index is 14.1. The molecule has 0 aromatic heterocycles. The first kappa shape index (κ1) is 39.3. The van der Waals surface area contributed by atoms with Gasteiger partial charge in [-0.05, 0) is 74.3 Å². The van der Waals surface area contributed by atoms with Crippen molar-refractivity contribution >= 4 is 33.3 Å². The van der Waals surface area contributed by atoms with Gasteiger partial charge in [-0.3, -0.25) is 19.8 Å². The van der Waals surface area contributed by atoms with Crippen LogP contribution in [0.3, 0.4) is 0 Å². The monoisotopic (exact) mass is 706 g/mol. The van der Waals surface area contributed by atoms with Crippen LogP contribution < -0.4 is 11.1 Å². The van der Waals surface area contributed by atoms with Crippen molar-refractivity contribution in [2.75, 3.05) is 18.8 Å².